The SMILES string of the molecule is O=C(NN=Cc1cc(Br)c(Sc2ccc(Cl)cc2)o1)c1cc2ccccc2cc1O. The maximum atomic E-state index is 12.4. The Bertz CT molecular complexity index is 1260. The van der Waals surface area contributed by atoms with Gasteiger partial charge in [0, 0.05) is 16.0 Å². The zero-order chi connectivity index (χ0) is 21.1. The van der Waals surface area contributed by atoms with Gasteiger partial charge < -0.3 is 9.52 Å². The Hall–Kier alpha value is -2.74. The van der Waals surface area contributed by atoms with Crippen LogP contribution in [0.15, 0.2) is 90.7 Å². The molecule has 0 atom stereocenters. The molecule has 0 bridgehead atoms. The number of carbonyl (C=O) groups is 1. The number of halogens is 2. The van der Waals surface area contributed by atoms with E-state index in [0.29, 0.717) is 15.9 Å². The van der Waals surface area contributed by atoms with Gasteiger partial charge in [-0.15, -0.1) is 0 Å². The van der Waals surface area contributed by atoms with Crippen molar-refractivity contribution in [2.24, 2.45) is 5.10 Å². The van der Waals surface area contributed by atoms with Crippen LogP contribution in [0.2, 0.25) is 5.02 Å². The van der Waals surface area contributed by atoms with Crippen LogP contribution in [0.1, 0.15) is 16.1 Å². The van der Waals surface area contributed by atoms with Gasteiger partial charge in [0.1, 0.15) is 11.5 Å². The number of nitrogens with zero attached hydrogens (tertiary/aromatic N) is 1. The molecule has 5 nitrogen and oxygen atoms in total. The van der Waals surface area contributed by atoms with Gasteiger partial charge in [-0.1, -0.05) is 47.6 Å². The standard InChI is InChI=1S/C22H14BrClN2O3S/c23-19-11-16(29-22(19)30-17-7-5-15(24)6-8-17)12-25-26-21(28)18-9-13-3-1-2-4-14(13)10-20(18)27/h1-12,27H,(H,26,28). The Morgan fingerprint density at radius 2 is 1.80 bits per heavy atom. The Morgan fingerprint density at radius 3 is 2.53 bits per heavy atom. The molecule has 0 radical (unpaired) electrons. The predicted molar refractivity (Wildman–Crippen MR) is 123 cm³/mol. The van der Waals surface area contributed by atoms with Crippen molar-refractivity contribution in [3.05, 3.63) is 87.5 Å². The average molecular weight is 502 g/mol. The number of aromatic hydroxyl groups is 1. The summed E-state index contributed by atoms with van der Waals surface area (Å²) in [4.78, 5) is 13.4. The Balaban J connectivity index is 1.45. The van der Waals surface area contributed by atoms with Crippen LogP contribution in [-0.4, -0.2) is 17.2 Å². The number of nitrogens with one attached hydrogen (secondary N) is 1. The highest BCUT2D eigenvalue weighted by Crippen LogP contribution is 2.36. The van der Waals surface area contributed by atoms with E-state index in [-0.39, 0.29) is 11.3 Å². The lowest BCUT2D eigenvalue weighted by atomic mass is 10.1. The summed E-state index contributed by atoms with van der Waals surface area (Å²) in [7, 11) is 0. The number of hydrogen-bond acceptors (Lipinski definition) is 5. The highest BCUT2D eigenvalue weighted by molar-refractivity contribution is 9.10. The molecule has 0 aliphatic carbocycles. The van der Waals surface area contributed by atoms with Crippen molar-refractivity contribution in [3.63, 3.8) is 0 Å². The summed E-state index contributed by atoms with van der Waals surface area (Å²) < 4.78 is 6.52. The number of rotatable bonds is 5. The van der Waals surface area contributed by atoms with Crippen LogP contribution in [0, 0.1) is 0 Å². The summed E-state index contributed by atoms with van der Waals surface area (Å²) in [5.74, 6) is -0.166. The van der Waals surface area contributed by atoms with E-state index in [2.05, 4.69) is 26.5 Å². The van der Waals surface area contributed by atoms with E-state index in [1.54, 1.807) is 30.3 Å². The first-order valence-corrected chi connectivity index (χ1v) is 10.8. The van der Waals surface area contributed by atoms with Crippen molar-refractivity contribution in [2.75, 3.05) is 0 Å². The van der Waals surface area contributed by atoms with E-state index in [9.17, 15) is 9.90 Å². The van der Waals surface area contributed by atoms with Crippen molar-refractivity contribution >= 4 is 62.2 Å². The molecular weight excluding hydrogens is 488 g/mol. The number of hydrazone groups is 1. The molecule has 0 aliphatic rings. The molecule has 0 saturated carbocycles. The normalized spacial score (nSPS) is 11.3. The van der Waals surface area contributed by atoms with Crippen LogP contribution in [0.3, 0.4) is 0 Å². The van der Waals surface area contributed by atoms with E-state index < -0.39 is 5.91 Å². The molecule has 0 fully saturated rings. The van der Waals surface area contributed by atoms with Crippen LogP contribution in [0.5, 0.6) is 5.75 Å². The zero-order valence-electron chi connectivity index (χ0n) is 15.3. The molecular formula is C22H14BrClN2O3S. The van der Waals surface area contributed by atoms with Crippen LogP contribution < -0.4 is 5.43 Å². The Labute approximate surface area is 189 Å². The molecule has 2 N–H and O–H groups in total. The monoisotopic (exact) mass is 500 g/mol. The molecule has 1 aromatic heterocycles. The molecule has 0 unspecified atom stereocenters. The van der Waals surface area contributed by atoms with Crippen molar-refractivity contribution in [2.45, 2.75) is 9.99 Å². The lowest BCUT2D eigenvalue weighted by Crippen LogP contribution is -2.17. The maximum Gasteiger partial charge on any atom is 0.275 e. The number of fused-ring (bicyclic) bond motifs is 1. The van der Waals surface area contributed by atoms with Crippen LogP contribution in [0.25, 0.3) is 10.8 Å². The topological polar surface area (TPSA) is 74.8 Å². The van der Waals surface area contributed by atoms with Crippen LogP contribution in [0.4, 0.5) is 0 Å². The van der Waals surface area contributed by atoms with Gasteiger partial charge in [-0.3, -0.25) is 4.79 Å². The maximum absolute atomic E-state index is 12.4. The van der Waals surface area contributed by atoms with Crippen molar-refractivity contribution in [1.29, 1.82) is 0 Å². The third-order valence-corrected chi connectivity index (χ3v) is 6.27. The van der Waals surface area contributed by atoms with E-state index in [1.807, 2.05) is 36.4 Å². The average Bonchev–Trinajstić information content (AvgIpc) is 3.08. The lowest BCUT2D eigenvalue weighted by Gasteiger charge is -2.05. The summed E-state index contributed by atoms with van der Waals surface area (Å²) in [5, 5.41) is 17.1. The number of furan rings is 1. The zero-order valence-corrected chi connectivity index (χ0v) is 18.5. The van der Waals surface area contributed by atoms with E-state index in [4.69, 9.17) is 16.0 Å². The molecule has 0 spiro atoms. The molecule has 1 heterocycles. The van der Waals surface area contributed by atoms with E-state index in [0.717, 1.165) is 20.1 Å². The first kappa shape index (κ1) is 20.5. The number of phenolic OH excluding ortho intramolecular Hbond substituents is 1. The fourth-order valence-corrected chi connectivity index (χ4v) is 4.19. The summed E-state index contributed by atoms with van der Waals surface area (Å²) in [5.41, 5.74) is 2.56. The minimum Gasteiger partial charge on any atom is -0.507 e. The number of amides is 1. The van der Waals surface area contributed by atoms with Gasteiger partial charge >= 0.3 is 0 Å². The summed E-state index contributed by atoms with van der Waals surface area (Å²) >= 11 is 10.8. The van der Waals surface area contributed by atoms with Crippen LogP contribution >= 0.6 is 39.3 Å². The van der Waals surface area contributed by atoms with Gasteiger partial charge in [0.25, 0.3) is 5.91 Å². The molecule has 8 heteroatoms. The second kappa shape index (κ2) is 8.95. The van der Waals surface area contributed by atoms with Crippen molar-refractivity contribution in [1.82, 2.24) is 5.43 Å². The first-order chi connectivity index (χ1) is 14.5. The van der Waals surface area contributed by atoms with Gasteiger partial charge in [-0.2, -0.15) is 5.10 Å². The van der Waals surface area contributed by atoms with Gasteiger partial charge in [0.2, 0.25) is 0 Å². The molecule has 150 valence electrons. The number of hydrogen-bond donors (Lipinski definition) is 2. The fourth-order valence-electron chi connectivity index (χ4n) is 2.74. The summed E-state index contributed by atoms with van der Waals surface area (Å²) in [6.07, 6.45) is 1.40. The number of benzene rings is 3. The smallest absolute Gasteiger partial charge is 0.275 e. The van der Waals surface area contributed by atoms with Crippen LogP contribution in [-0.2, 0) is 0 Å². The predicted octanol–water partition coefficient (Wildman–Crippen LogP) is 6.47. The first-order valence-electron chi connectivity index (χ1n) is 8.77. The molecule has 0 aliphatic heterocycles. The number of phenols is 1. The van der Waals surface area contributed by atoms with E-state index >= 15 is 0 Å². The largest absolute Gasteiger partial charge is 0.507 e. The second-order valence-corrected chi connectivity index (χ2v) is 8.59. The van der Waals surface area contributed by atoms with Gasteiger partial charge in [-0.25, -0.2) is 5.43 Å². The highest BCUT2D eigenvalue weighted by atomic mass is 79.9. The minimum absolute atomic E-state index is 0.108. The third-order valence-electron chi connectivity index (χ3n) is 4.17. The molecule has 4 aromatic rings. The third kappa shape index (κ3) is 4.70. The molecule has 0 saturated heterocycles. The Morgan fingerprint density at radius 1 is 1.10 bits per heavy atom. The quantitative estimate of drug-likeness (QED) is 0.243. The summed E-state index contributed by atoms with van der Waals surface area (Å²) in [6.45, 7) is 0. The molecule has 30 heavy (non-hydrogen) atoms. The molecule has 1 amide bonds. The molecule has 3 aromatic carbocycles. The fraction of sp³-hybridized carbons (Fsp3) is 0. The Kier molecular flexibility index (Phi) is 6.13. The summed E-state index contributed by atoms with van der Waals surface area (Å²) in [6, 6.07) is 19.8. The second-order valence-electron chi connectivity index (χ2n) is 6.26. The minimum atomic E-state index is -0.518. The van der Waals surface area contributed by atoms with Crippen molar-refractivity contribution < 1.29 is 14.3 Å². The van der Waals surface area contributed by atoms with Gasteiger partial charge in [0.05, 0.1) is 16.3 Å². The van der Waals surface area contributed by atoms with Gasteiger partial charge in [0.15, 0.2) is 5.09 Å². The number of carbonyl (C=O) groups excluding carboxylic acids is 1. The van der Waals surface area contributed by atoms with E-state index in [1.165, 1.54) is 18.0 Å². The highest BCUT2D eigenvalue weighted by Gasteiger charge is 2.13. The van der Waals surface area contributed by atoms with Gasteiger partial charge in [-0.05, 0) is 63.1 Å². The molecule has 4 rings (SSSR count). The lowest BCUT2D eigenvalue weighted by molar-refractivity contribution is 0.0952. The van der Waals surface area contributed by atoms with Crippen molar-refractivity contribution in [3.8, 4) is 5.75 Å².